The molecule has 0 unspecified atom stereocenters. The minimum atomic E-state index is 1.16. The zero-order valence-electron chi connectivity index (χ0n) is 79.6. The van der Waals surface area contributed by atoms with Crippen molar-refractivity contribution in [2.45, 2.75) is 0 Å². The number of aromatic nitrogens is 6. The molecule has 0 aliphatic rings. The third-order valence-corrected chi connectivity index (χ3v) is 33.8. The quantitative estimate of drug-likeness (QED) is 0.124. The lowest BCUT2D eigenvalue weighted by Gasteiger charge is -2.14. The molecular weight excluding hydrogens is 1840 g/mol. The first-order valence-corrected chi connectivity index (χ1v) is 52.7. The zero-order chi connectivity index (χ0) is 96.4. The number of benzene rings is 23. The standard InChI is InChI=1S/2C48H30N2S.C42H26N2S/c1-2-12-31(13-3-1)35-14-4-8-18-42(35)50-44-20-10-6-16-37(44)40-29-33(23-26-46(40)50)32-22-25-45-39(28-32)36-15-5-9-19-43(36)49(45)34-24-27-48-41(30-34)38-17-7-11-21-47(38)51-48;1-2-11-31(12-3-1)32-13-10-14-35(27-32)49-43-18-7-4-15-37(43)40-28-33(21-24-45(40)49)34-22-25-46-41(29-34)38-16-5-8-19-44(38)50(46)36-23-26-48-42(30-36)39-17-6-9-20-47(39)51-48;1-2-10-29(11-3-1)43-37-15-7-4-12-31(37)35-24-27(18-22-39(35)43)28-19-23-40-36(25-28)32-13-5-8-16-38(32)44(40)30-20-21-34-33-14-6-9-17-41(33)45-42(34)26-30/h2*1-30H;1-26H. The van der Waals surface area contributed by atoms with Gasteiger partial charge in [0.1, 0.15) is 0 Å². The number of rotatable bonds is 11. The summed E-state index contributed by atoms with van der Waals surface area (Å²) in [7, 11) is 0. The molecule has 9 aromatic heterocycles. The van der Waals surface area contributed by atoms with Gasteiger partial charge < -0.3 is 27.4 Å². The van der Waals surface area contributed by atoms with E-state index in [1.165, 1.54) is 275 Å². The molecule has 6 nitrogen and oxygen atoms in total. The summed E-state index contributed by atoms with van der Waals surface area (Å²) in [6.07, 6.45) is 0. The second-order valence-corrected chi connectivity index (χ2v) is 41.7. The predicted molar refractivity (Wildman–Crippen MR) is 631 cm³/mol. The summed E-state index contributed by atoms with van der Waals surface area (Å²) >= 11 is 5.60. The SMILES string of the molecule is c1ccc(-c2cccc(-n3c4ccccc4c4cc(-c5ccc6c(c5)c5ccccc5n6-c5ccc6sc7ccccc7c6c5)ccc43)c2)cc1.c1ccc(-c2ccccc2-n2c3ccccc3c3cc(-c4ccc5c(c4)c4ccccc4n5-c4ccc5sc6ccccc6c5c4)ccc32)cc1.c1ccc(-n2c3ccccc3c3cc(-c4ccc5c(c4)c4ccccc4n5-c4ccc5c(c4)sc4ccccc45)ccc32)cc1. The van der Waals surface area contributed by atoms with Crippen molar-refractivity contribution < 1.29 is 0 Å². The molecule has 0 radical (unpaired) electrons. The van der Waals surface area contributed by atoms with Crippen molar-refractivity contribution in [1.82, 2.24) is 27.4 Å². The lowest BCUT2D eigenvalue weighted by atomic mass is 10.0. The van der Waals surface area contributed by atoms with Crippen molar-refractivity contribution in [3.63, 3.8) is 0 Å². The average molecular weight is 1920 g/mol. The number of hydrogen-bond donors (Lipinski definition) is 0. The molecule has 0 atom stereocenters. The Labute approximate surface area is 857 Å². The molecule has 0 bridgehead atoms. The van der Waals surface area contributed by atoms with E-state index in [1.807, 2.05) is 34.0 Å². The van der Waals surface area contributed by atoms with Crippen LogP contribution in [0.25, 0.3) is 281 Å². The van der Waals surface area contributed by atoms with E-state index in [1.54, 1.807) is 0 Å². The maximum Gasteiger partial charge on any atom is 0.0541 e. The van der Waals surface area contributed by atoms with Crippen LogP contribution in [0.1, 0.15) is 0 Å². The van der Waals surface area contributed by atoms with E-state index in [2.05, 4.69) is 549 Å². The molecule has 0 fully saturated rings. The molecule has 32 rings (SSSR count). The number of thiophene rings is 3. The van der Waals surface area contributed by atoms with Crippen LogP contribution in [0.2, 0.25) is 0 Å². The normalized spacial score (nSPS) is 11.9. The maximum absolute atomic E-state index is 2.43. The molecular formula is C138H86N6S3. The number of hydrogen-bond acceptors (Lipinski definition) is 3. The zero-order valence-corrected chi connectivity index (χ0v) is 82.0. The molecule has 9 heterocycles. The van der Waals surface area contributed by atoms with Crippen LogP contribution < -0.4 is 0 Å². The van der Waals surface area contributed by atoms with Gasteiger partial charge in [-0.15, -0.1) is 34.0 Å². The van der Waals surface area contributed by atoms with E-state index >= 15 is 0 Å². The van der Waals surface area contributed by atoms with Gasteiger partial charge in [0.15, 0.2) is 0 Å². The largest absolute Gasteiger partial charge is 0.309 e. The molecule has 0 saturated heterocycles. The minimum absolute atomic E-state index is 1.16. The van der Waals surface area contributed by atoms with Crippen LogP contribution in [0.3, 0.4) is 0 Å². The Morgan fingerprint density at radius 3 is 0.748 bits per heavy atom. The van der Waals surface area contributed by atoms with Crippen molar-refractivity contribution in [1.29, 1.82) is 0 Å². The van der Waals surface area contributed by atoms with Crippen LogP contribution in [0.5, 0.6) is 0 Å². The fourth-order valence-corrected chi connectivity index (χ4v) is 27.0. The molecule has 23 aromatic carbocycles. The van der Waals surface area contributed by atoms with Gasteiger partial charge in [-0.3, -0.25) is 0 Å². The Morgan fingerprint density at radius 2 is 0.354 bits per heavy atom. The van der Waals surface area contributed by atoms with Crippen molar-refractivity contribution in [3.05, 3.63) is 522 Å². The maximum atomic E-state index is 2.43. The van der Waals surface area contributed by atoms with Gasteiger partial charge in [-0.05, 0) is 256 Å². The highest BCUT2D eigenvalue weighted by Crippen LogP contribution is 2.48. The van der Waals surface area contributed by atoms with E-state index in [-0.39, 0.29) is 0 Å². The minimum Gasteiger partial charge on any atom is -0.309 e. The third-order valence-electron chi connectivity index (χ3n) is 30.3. The summed E-state index contributed by atoms with van der Waals surface area (Å²) in [5, 5.41) is 23.1. The van der Waals surface area contributed by atoms with E-state index < -0.39 is 0 Å². The Balaban J connectivity index is 0.000000102. The molecule has 0 saturated carbocycles. The summed E-state index contributed by atoms with van der Waals surface area (Å²) in [6, 6.07) is 191. The van der Waals surface area contributed by atoms with Gasteiger partial charge in [0.25, 0.3) is 0 Å². The molecule has 0 amide bonds. The predicted octanol–water partition coefficient (Wildman–Crippen LogP) is 39.1. The summed E-state index contributed by atoms with van der Waals surface area (Å²) in [6.45, 7) is 0. The fourth-order valence-electron chi connectivity index (χ4n) is 23.7. The Morgan fingerprint density at radius 1 is 0.109 bits per heavy atom. The first kappa shape index (κ1) is 84.2. The highest BCUT2D eigenvalue weighted by Gasteiger charge is 2.25. The van der Waals surface area contributed by atoms with Crippen LogP contribution in [-0.2, 0) is 0 Å². The second-order valence-electron chi connectivity index (χ2n) is 38.5. The molecule has 32 aromatic rings. The highest BCUT2D eigenvalue weighted by atomic mass is 32.1. The Bertz CT molecular complexity index is 11000. The molecule has 0 aliphatic heterocycles. The van der Waals surface area contributed by atoms with Crippen LogP contribution in [-0.4, -0.2) is 27.4 Å². The van der Waals surface area contributed by atoms with Crippen LogP contribution in [0.15, 0.2) is 522 Å². The molecule has 0 N–H and O–H groups in total. The van der Waals surface area contributed by atoms with Gasteiger partial charge in [0.05, 0.1) is 71.9 Å². The van der Waals surface area contributed by atoms with E-state index in [4.69, 9.17) is 0 Å². The summed E-state index contributed by atoms with van der Waals surface area (Å²) in [4.78, 5) is 0. The Hall–Kier alpha value is -18.5. The van der Waals surface area contributed by atoms with Crippen molar-refractivity contribution >= 4 is 225 Å². The number of nitrogens with zero attached hydrogens (tertiary/aromatic N) is 6. The van der Waals surface area contributed by atoms with Gasteiger partial charge in [0, 0.05) is 159 Å². The fraction of sp³-hybridized carbons (Fsp3) is 0. The number of fused-ring (bicyclic) bond motifs is 27. The van der Waals surface area contributed by atoms with Crippen molar-refractivity contribution in [2.24, 2.45) is 0 Å². The molecule has 9 heteroatoms. The molecule has 0 spiro atoms. The number of para-hydroxylation sites is 8. The smallest absolute Gasteiger partial charge is 0.0541 e. The molecule has 0 aliphatic carbocycles. The lowest BCUT2D eigenvalue weighted by molar-refractivity contribution is 1.18. The van der Waals surface area contributed by atoms with Crippen LogP contribution >= 0.6 is 34.0 Å². The average Bonchev–Trinajstić information content (AvgIpc) is 1.60. The Kier molecular flexibility index (Phi) is 19.6. The van der Waals surface area contributed by atoms with E-state index in [0.29, 0.717) is 0 Å². The van der Waals surface area contributed by atoms with Crippen molar-refractivity contribution in [2.75, 3.05) is 0 Å². The highest BCUT2D eigenvalue weighted by molar-refractivity contribution is 7.26. The van der Waals surface area contributed by atoms with Gasteiger partial charge in [-0.25, -0.2) is 0 Å². The van der Waals surface area contributed by atoms with E-state index in [9.17, 15) is 0 Å². The van der Waals surface area contributed by atoms with Gasteiger partial charge in [-0.1, -0.05) is 315 Å². The lowest BCUT2D eigenvalue weighted by Crippen LogP contribution is -1.97. The van der Waals surface area contributed by atoms with Gasteiger partial charge in [-0.2, -0.15) is 0 Å². The first-order valence-electron chi connectivity index (χ1n) is 50.2. The van der Waals surface area contributed by atoms with Gasteiger partial charge in [0.2, 0.25) is 0 Å². The summed E-state index contributed by atoms with van der Waals surface area (Å²) in [5.41, 5.74) is 33.9. The van der Waals surface area contributed by atoms with E-state index in [0.717, 1.165) is 5.69 Å². The van der Waals surface area contributed by atoms with Crippen LogP contribution in [0.4, 0.5) is 0 Å². The monoisotopic (exact) mass is 1920 g/mol. The first-order chi connectivity index (χ1) is 72.9. The van der Waals surface area contributed by atoms with Crippen molar-refractivity contribution in [3.8, 4) is 89.8 Å². The second kappa shape index (κ2) is 34.1. The molecule has 147 heavy (non-hydrogen) atoms. The molecule has 686 valence electrons. The topological polar surface area (TPSA) is 29.6 Å². The summed E-state index contributed by atoms with van der Waals surface area (Å²) in [5.74, 6) is 0. The van der Waals surface area contributed by atoms with Gasteiger partial charge >= 0.3 is 0 Å². The summed E-state index contributed by atoms with van der Waals surface area (Å²) < 4.78 is 22.5. The third kappa shape index (κ3) is 13.7. The van der Waals surface area contributed by atoms with Crippen LogP contribution in [0, 0.1) is 0 Å².